The van der Waals surface area contributed by atoms with Crippen molar-refractivity contribution in [1.29, 1.82) is 0 Å². The van der Waals surface area contributed by atoms with Gasteiger partial charge in [0.15, 0.2) is 0 Å². The van der Waals surface area contributed by atoms with Crippen LogP contribution < -0.4 is 5.32 Å². The van der Waals surface area contributed by atoms with Gasteiger partial charge in [0.1, 0.15) is 0 Å². The summed E-state index contributed by atoms with van der Waals surface area (Å²) in [5, 5.41) is 3.52. The Labute approximate surface area is 110 Å². The molecule has 3 saturated carbocycles. The van der Waals surface area contributed by atoms with Crippen LogP contribution in [0.2, 0.25) is 0 Å². The van der Waals surface area contributed by atoms with Gasteiger partial charge in [0.05, 0.1) is 11.7 Å². The molecule has 3 aliphatic carbocycles. The molecule has 1 N–H and O–H groups in total. The van der Waals surface area contributed by atoms with Crippen LogP contribution in [0.25, 0.3) is 0 Å². The van der Waals surface area contributed by atoms with Crippen molar-refractivity contribution in [2.24, 2.45) is 17.3 Å². The molecule has 5 aliphatic rings. The Morgan fingerprint density at radius 2 is 2.06 bits per heavy atom. The predicted octanol–water partition coefficient (Wildman–Crippen LogP) is 2.01. The highest BCUT2D eigenvalue weighted by atomic mass is 16.7. The van der Waals surface area contributed by atoms with E-state index < -0.39 is 0 Å². The summed E-state index contributed by atoms with van der Waals surface area (Å²) in [4.78, 5) is 0. The molecule has 0 spiro atoms. The second-order valence-electron chi connectivity index (χ2n) is 7.54. The Morgan fingerprint density at radius 1 is 1.22 bits per heavy atom. The van der Waals surface area contributed by atoms with Crippen molar-refractivity contribution in [3.05, 3.63) is 0 Å². The van der Waals surface area contributed by atoms with E-state index in [1.807, 2.05) is 0 Å². The summed E-state index contributed by atoms with van der Waals surface area (Å²) in [5.74, 6) is 1.95. The fraction of sp³-hybridized carbons (Fsp3) is 1.00. The molecule has 2 bridgehead atoms. The lowest BCUT2D eigenvalue weighted by Gasteiger charge is -2.64. The van der Waals surface area contributed by atoms with Crippen LogP contribution in [0.15, 0.2) is 0 Å². The Morgan fingerprint density at radius 3 is 2.72 bits per heavy atom. The van der Waals surface area contributed by atoms with Gasteiger partial charge in [-0.1, -0.05) is 13.8 Å². The third-order valence-electron chi connectivity index (χ3n) is 6.40. The minimum atomic E-state index is -0.0345. The average Bonchev–Trinajstić information content (AvgIpc) is 2.92. The molecule has 0 aromatic heterocycles. The molecule has 3 nitrogen and oxygen atoms in total. The zero-order chi connectivity index (χ0) is 12.5. The number of rotatable bonds is 1. The molecule has 5 fully saturated rings. The first kappa shape index (κ1) is 11.7. The zero-order valence-electron chi connectivity index (χ0n) is 11.7. The van der Waals surface area contributed by atoms with Gasteiger partial charge in [-0.2, -0.15) is 0 Å². The van der Waals surface area contributed by atoms with E-state index in [0.29, 0.717) is 23.4 Å². The Kier molecular flexibility index (Phi) is 2.30. The normalized spacial score (nSPS) is 53.2. The van der Waals surface area contributed by atoms with E-state index in [-0.39, 0.29) is 12.7 Å². The highest BCUT2D eigenvalue weighted by Gasteiger charge is 2.68. The highest BCUT2D eigenvalue weighted by molar-refractivity contribution is 6.47. The van der Waals surface area contributed by atoms with Gasteiger partial charge < -0.3 is 14.6 Å². The summed E-state index contributed by atoms with van der Waals surface area (Å²) in [6.07, 6.45) is 5.33. The first-order valence-electron chi connectivity index (χ1n) is 7.58. The van der Waals surface area contributed by atoms with Crippen LogP contribution >= 0.6 is 0 Å². The van der Waals surface area contributed by atoms with Crippen LogP contribution in [0.1, 0.15) is 46.5 Å². The Bertz CT molecular complexity index is 369. The minimum absolute atomic E-state index is 0.00218. The number of hydrogen-bond acceptors (Lipinski definition) is 3. The van der Waals surface area contributed by atoms with Crippen molar-refractivity contribution in [3.63, 3.8) is 0 Å². The Balaban J connectivity index is 1.57. The molecule has 0 aromatic rings. The summed E-state index contributed by atoms with van der Waals surface area (Å²) in [7, 11) is -0.00218. The van der Waals surface area contributed by atoms with Crippen molar-refractivity contribution >= 4 is 7.12 Å². The number of hydrogen-bond donors (Lipinski definition) is 1. The highest BCUT2D eigenvalue weighted by Crippen LogP contribution is 2.65. The van der Waals surface area contributed by atoms with E-state index in [0.717, 1.165) is 12.5 Å². The summed E-state index contributed by atoms with van der Waals surface area (Å²) in [6.45, 7) is 8.25. The lowest BCUT2D eigenvalue weighted by molar-refractivity contribution is -0.199. The van der Waals surface area contributed by atoms with E-state index in [9.17, 15) is 0 Å². The van der Waals surface area contributed by atoms with Gasteiger partial charge >= 0.3 is 7.12 Å². The van der Waals surface area contributed by atoms with Crippen molar-refractivity contribution < 1.29 is 9.31 Å². The second kappa shape index (κ2) is 3.53. The smallest absolute Gasteiger partial charge is 0.404 e. The first-order valence-corrected chi connectivity index (χ1v) is 7.58. The molecule has 4 heteroatoms. The monoisotopic (exact) mass is 249 g/mol. The maximum absolute atomic E-state index is 6.44. The summed E-state index contributed by atoms with van der Waals surface area (Å²) in [5.41, 5.74) is 0.416. The van der Waals surface area contributed by atoms with Crippen molar-refractivity contribution in [2.75, 3.05) is 6.54 Å². The topological polar surface area (TPSA) is 30.5 Å². The van der Waals surface area contributed by atoms with Crippen LogP contribution in [-0.4, -0.2) is 31.3 Å². The van der Waals surface area contributed by atoms with Crippen LogP contribution in [0.3, 0.4) is 0 Å². The van der Waals surface area contributed by atoms with E-state index in [1.165, 1.54) is 25.7 Å². The molecule has 5 atom stereocenters. The van der Waals surface area contributed by atoms with Crippen LogP contribution in [0, 0.1) is 17.3 Å². The van der Waals surface area contributed by atoms with E-state index >= 15 is 0 Å². The maximum atomic E-state index is 6.44. The van der Waals surface area contributed by atoms with Gasteiger partial charge in [-0.15, -0.1) is 0 Å². The summed E-state index contributed by atoms with van der Waals surface area (Å²) >= 11 is 0. The van der Waals surface area contributed by atoms with Gasteiger partial charge in [-0.05, 0) is 56.4 Å². The lowest BCUT2D eigenvalue weighted by atomic mass is 9.43. The molecule has 2 heterocycles. The molecule has 1 unspecified atom stereocenters. The van der Waals surface area contributed by atoms with Gasteiger partial charge in [-0.25, -0.2) is 0 Å². The van der Waals surface area contributed by atoms with Crippen LogP contribution in [0.5, 0.6) is 0 Å². The van der Waals surface area contributed by atoms with Crippen molar-refractivity contribution in [3.8, 4) is 0 Å². The SMILES string of the molecule is CC1(C)C2C[C@H]1[C@]1(C)OB([C@@H]3CCCN3)O[C@@H]1C2. The molecule has 0 radical (unpaired) electrons. The molecule has 0 amide bonds. The standard InChI is InChI=1S/C14H24BNO2/c1-13(2)9-7-10(13)14(3)11(8-9)17-15(18-14)12-5-4-6-16-12/h9-12,16H,4-8H2,1-3H3/t9?,10-,11-,12+,14+/m1/s1. The zero-order valence-corrected chi connectivity index (χ0v) is 11.7. The molecule has 0 aromatic carbocycles. The third kappa shape index (κ3) is 1.32. The summed E-state index contributed by atoms with van der Waals surface area (Å²) < 4.78 is 12.7. The second-order valence-corrected chi connectivity index (χ2v) is 7.54. The van der Waals surface area contributed by atoms with E-state index in [4.69, 9.17) is 9.31 Å². The molecular formula is C14H24BNO2. The maximum Gasteiger partial charge on any atom is 0.475 e. The van der Waals surface area contributed by atoms with Gasteiger partial charge in [0.25, 0.3) is 0 Å². The van der Waals surface area contributed by atoms with Crippen LogP contribution in [0.4, 0.5) is 0 Å². The summed E-state index contributed by atoms with van der Waals surface area (Å²) in [6, 6.07) is 0. The van der Waals surface area contributed by atoms with Crippen molar-refractivity contribution in [1.82, 2.24) is 5.32 Å². The van der Waals surface area contributed by atoms with Gasteiger partial charge in [0.2, 0.25) is 0 Å². The molecular weight excluding hydrogens is 225 g/mol. The van der Waals surface area contributed by atoms with Gasteiger partial charge in [-0.3, -0.25) is 0 Å². The quantitative estimate of drug-likeness (QED) is 0.721. The molecule has 100 valence electrons. The fourth-order valence-electron chi connectivity index (χ4n) is 5.01. The third-order valence-corrected chi connectivity index (χ3v) is 6.40. The fourth-order valence-corrected chi connectivity index (χ4v) is 5.01. The van der Waals surface area contributed by atoms with Crippen LogP contribution in [-0.2, 0) is 9.31 Å². The largest absolute Gasteiger partial charge is 0.475 e. The molecule has 5 rings (SSSR count). The first-order chi connectivity index (χ1) is 8.52. The number of nitrogens with one attached hydrogen (secondary N) is 1. The van der Waals surface area contributed by atoms with Crippen molar-refractivity contribution in [2.45, 2.75) is 64.1 Å². The predicted molar refractivity (Wildman–Crippen MR) is 71.1 cm³/mol. The average molecular weight is 249 g/mol. The van der Waals surface area contributed by atoms with Gasteiger partial charge in [0, 0.05) is 5.94 Å². The Hall–Kier alpha value is -0.0551. The minimum Gasteiger partial charge on any atom is -0.404 e. The molecule has 2 saturated heterocycles. The molecule has 18 heavy (non-hydrogen) atoms. The van der Waals surface area contributed by atoms with E-state index in [1.54, 1.807) is 0 Å². The van der Waals surface area contributed by atoms with E-state index in [2.05, 4.69) is 26.1 Å². The lowest BCUT2D eigenvalue weighted by Crippen LogP contribution is -2.65. The molecule has 2 aliphatic heterocycles.